The zero-order valence-corrected chi connectivity index (χ0v) is 9.96. The Morgan fingerprint density at radius 1 is 1.24 bits per heavy atom. The molecule has 17 heavy (non-hydrogen) atoms. The maximum Gasteiger partial charge on any atom is 0.161 e. The number of ether oxygens (including phenoxy) is 2. The first kappa shape index (κ1) is 13.8. The highest BCUT2D eigenvalue weighted by molar-refractivity contribution is 5.43. The van der Waals surface area contributed by atoms with Crippen molar-refractivity contribution in [1.82, 2.24) is 0 Å². The molecular weight excluding hydrogens is 224 g/mol. The van der Waals surface area contributed by atoms with Crippen molar-refractivity contribution < 1.29 is 24.8 Å². The lowest BCUT2D eigenvalue weighted by atomic mass is 10.0. The number of methoxy groups -OCH3 is 1. The van der Waals surface area contributed by atoms with Gasteiger partial charge in [-0.1, -0.05) is 6.07 Å². The molecule has 2 unspecified atom stereocenters. The first-order valence-electron chi connectivity index (χ1n) is 5.41. The highest BCUT2D eigenvalue weighted by Crippen LogP contribution is 2.31. The van der Waals surface area contributed by atoms with E-state index in [2.05, 4.69) is 0 Å². The van der Waals surface area contributed by atoms with Crippen molar-refractivity contribution in [3.05, 3.63) is 23.8 Å². The average Bonchev–Trinajstić information content (AvgIpc) is 2.37. The lowest BCUT2D eigenvalue weighted by molar-refractivity contribution is -0.0153. The monoisotopic (exact) mass is 242 g/mol. The number of benzene rings is 1. The first-order valence-corrected chi connectivity index (χ1v) is 5.41. The number of rotatable bonds is 6. The molecule has 0 radical (unpaired) electrons. The van der Waals surface area contributed by atoms with Crippen molar-refractivity contribution in [3.8, 4) is 11.5 Å². The van der Waals surface area contributed by atoms with Crippen molar-refractivity contribution in [2.24, 2.45) is 0 Å². The predicted molar refractivity (Wildman–Crippen MR) is 62.2 cm³/mol. The van der Waals surface area contributed by atoms with Gasteiger partial charge in [-0.25, -0.2) is 0 Å². The molecule has 0 amide bonds. The predicted octanol–water partition coefficient (Wildman–Crippen LogP) is 0.480. The number of aliphatic hydroxyl groups excluding tert-OH is 3. The van der Waals surface area contributed by atoms with Crippen LogP contribution >= 0.6 is 0 Å². The van der Waals surface area contributed by atoms with E-state index in [9.17, 15) is 10.2 Å². The molecule has 1 aromatic carbocycles. The van der Waals surface area contributed by atoms with E-state index >= 15 is 0 Å². The van der Waals surface area contributed by atoms with Crippen LogP contribution in [0.4, 0.5) is 0 Å². The molecule has 0 aliphatic rings. The summed E-state index contributed by atoms with van der Waals surface area (Å²) in [5.74, 6) is 1.05. The molecule has 0 fully saturated rings. The fourth-order valence-electron chi connectivity index (χ4n) is 1.47. The molecule has 0 heterocycles. The summed E-state index contributed by atoms with van der Waals surface area (Å²) in [4.78, 5) is 0. The Kier molecular flexibility index (Phi) is 5.21. The minimum absolute atomic E-state index is 0.468. The van der Waals surface area contributed by atoms with Gasteiger partial charge in [-0.05, 0) is 24.6 Å². The van der Waals surface area contributed by atoms with Crippen molar-refractivity contribution in [2.75, 3.05) is 20.3 Å². The third kappa shape index (κ3) is 3.33. The molecule has 5 nitrogen and oxygen atoms in total. The molecule has 1 aromatic rings. The van der Waals surface area contributed by atoms with Crippen LogP contribution in [0.25, 0.3) is 0 Å². The number of hydrogen-bond donors (Lipinski definition) is 3. The summed E-state index contributed by atoms with van der Waals surface area (Å²) in [6.07, 6.45) is -2.36. The van der Waals surface area contributed by atoms with Crippen LogP contribution in [0.5, 0.6) is 11.5 Å². The smallest absolute Gasteiger partial charge is 0.161 e. The molecule has 96 valence electrons. The summed E-state index contributed by atoms with van der Waals surface area (Å²) in [7, 11) is 1.52. The minimum Gasteiger partial charge on any atom is -0.493 e. The summed E-state index contributed by atoms with van der Waals surface area (Å²) in [5.41, 5.74) is 0.468. The lowest BCUT2D eigenvalue weighted by Gasteiger charge is -2.18. The third-order valence-corrected chi connectivity index (χ3v) is 2.38. The molecule has 3 N–H and O–H groups in total. The molecule has 1 rings (SSSR count). The molecular formula is C12H18O5. The van der Waals surface area contributed by atoms with Gasteiger partial charge < -0.3 is 24.8 Å². The Labute approximate surface area is 100 Å². The summed E-state index contributed by atoms with van der Waals surface area (Å²) in [5, 5.41) is 27.9. The van der Waals surface area contributed by atoms with E-state index in [0.29, 0.717) is 23.7 Å². The van der Waals surface area contributed by atoms with Gasteiger partial charge in [0.25, 0.3) is 0 Å². The maximum atomic E-state index is 9.74. The molecule has 2 atom stereocenters. The van der Waals surface area contributed by atoms with Crippen LogP contribution in [-0.2, 0) is 0 Å². The average molecular weight is 242 g/mol. The van der Waals surface area contributed by atoms with Crippen molar-refractivity contribution in [2.45, 2.75) is 19.1 Å². The van der Waals surface area contributed by atoms with Gasteiger partial charge in [-0.15, -0.1) is 0 Å². The van der Waals surface area contributed by atoms with Gasteiger partial charge in [0.15, 0.2) is 11.5 Å². The van der Waals surface area contributed by atoms with Gasteiger partial charge in [-0.3, -0.25) is 0 Å². The minimum atomic E-state index is -1.21. The zero-order chi connectivity index (χ0) is 12.8. The van der Waals surface area contributed by atoms with E-state index in [4.69, 9.17) is 14.6 Å². The fraction of sp³-hybridized carbons (Fsp3) is 0.500. The highest BCUT2D eigenvalue weighted by Gasteiger charge is 2.19. The van der Waals surface area contributed by atoms with Crippen LogP contribution in [0.2, 0.25) is 0 Å². The van der Waals surface area contributed by atoms with Crippen molar-refractivity contribution >= 4 is 0 Å². The Morgan fingerprint density at radius 2 is 1.94 bits per heavy atom. The number of aliphatic hydroxyl groups is 3. The van der Waals surface area contributed by atoms with E-state index in [1.165, 1.54) is 7.11 Å². The van der Waals surface area contributed by atoms with E-state index in [0.717, 1.165) is 0 Å². The molecule has 0 saturated carbocycles. The largest absolute Gasteiger partial charge is 0.493 e. The van der Waals surface area contributed by atoms with Gasteiger partial charge in [-0.2, -0.15) is 0 Å². The van der Waals surface area contributed by atoms with Gasteiger partial charge in [0.1, 0.15) is 12.2 Å². The van der Waals surface area contributed by atoms with Gasteiger partial charge in [0.05, 0.1) is 20.3 Å². The topological polar surface area (TPSA) is 79.2 Å². The van der Waals surface area contributed by atoms with E-state index in [-0.39, 0.29) is 0 Å². The first-order chi connectivity index (χ1) is 8.13. The highest BCUT2D eigenvalue weighted by atomic mass is 16.5. The van der Waals surface area contributed by atoms with Crippen LogP contribution in [-0.4, -0.2) is 41.7 Å². The van der Waals surface area contributed by atoms with Crippen LogP contribution in [0.3, 0.4) is 0 Å². The van der Waals surface area contributed by atoms with E-state index in [1.54, 1.807) is 18.2 Å². The van der Waals surface area contributed by atoms with Crippen LogP contribution < -0.4 is 9.47 Å². The van der Waals surface area contributed by atoms with Crippen LogP contribution in [0.1, 0.15) is 18.6 Å². The second-order valence-electron chi connectivity index (χ2n) is 3.54. The summed E-state index contributed by atoms with van der Waals surface area (Å²) >= 11 is 0. The second kappa shape index (κ2) is 6.44. The van der Waals surface area contributed by atoms with Gasteiger partial charge in [0.2, 0.25) is 0 Å². The second-order valence-corrected chi connectivity index (χ2v) is 3.54. The maximum absolute atomic E-state index is 9.74. The molecule has 0 spiro atoms. The summed E-state index contributed by atoms with van der Waals surface area (Å²) < 4.78 is 10.5. The summed E-state index contributed by atoms with van der Waals surface area (Å²) in [6, 6.07) is 4.85. The fourth-order valence-corrected chi connectivity index (χ4v) is 1.47. The molecule has 0 aliphatic heterocycles. The Morgan fingerprint density at radius 3 is 2.47 bits per heavy atom. The van der Waals surface area contributed by atoms with Crippen LogP contribution in [0, 0.1) is 0 Å². The summed E-state index contributed by atoms with van der Waals surface area (Å²) in [6.45, 7) is 1.81. The quantitative estimate of drug-likeness (QED) is 0.676. The Hall–Kier alpha value is -1.30. The van der Waals surface area contributed by atoms with Gasteiger partial charge >= 0.3 is 0 Å². The van der Waals surface area contributed by atoms with Crippen molar-refractivity contribution in [1.29, 1.82) is 0 Å². The molecule has 0 saturated heterocycles. The van der Waals surface area contributed by atoms with E-state index in [1.807, 2.05) is 6.92 Å². The normalized spacial score (nSPS) is 14.2. The SMILES string of the molecule is CCOc1cc(C(O)C(O)CO)ccc1OC. The Balaban J connectivity index is 2.98. The molecule has 0 aromatic heterocycles. The third-order valence-electron chi connectivity index (χ3n) is 2.38. The molecule has 0 bridgehead atoms. The van der Waals surface area contributed by atoms with Crippen LogP contribution in [0.15, 0.2) is 18.2 Å². The molecule has 0 aliphatic carbocycles. The van der Waals surface area contributed by atoms with E-state index < -0.39 is 18.8 Å². The standard InChI is InChI=1S/C12H18O5/c1-3-17-11-6-8(4-5-10(11)16-2)12(15)9(14)7-13/h4-6,9,12-15H,3,7H2,1-2H3. The molecule has 5 heteroatoms. The van der Waals surface area contributed by atoms with Gasteiger partial charge in [0, 0.05) is 0 Å². The Bertz CT molecular complexity index is 353. The van der Waals surface area contributed by atoms with Crippen molar-refractivity contribution in [3.63, 3.8) is 0 Å². The number of hydrogen-bond acceptors (Lipinski definition) is 5. The zero-order valence-electron chi connectivity index (χ0n) is 9.96. The lowest BCUT2D eigenvalue weighted by Crippen LogP contribution is -2.22.